The zero-order chi connectivity index (χ0) is 9.90. The van der Waals surface area contributed by atoms with Crippen molar-refractivity contribution in [2.24, 2.45) is 0 Å². The molecule has 0 saturated heterocycles. The van der Waals surface area contributed by atoms with Crippen LogP contribution in [0.5, 0.6) is 0 Å². The number of hydrogen-bond donors (Lipinski definition) is 0. The van der Waals surface area contributed by atoms with Crippen LogP contribution in [0.25, 0.3) is 0 Å². The predicted molar refractivity (Wildman–Crippen MR) is 55.6 cm³/mol. The van der Waals surface area contributed by atoms with Crippen molar-refractivity contribution in [3.05, 3.63) is 17.1 Å². The van der Waals surface area contributed by atoms with Crippen molar-refractivity contribution in [1.29, 1.82) is 0 Å². The van der Waals surface area contributed by atoms with E-state index in [4.69, 9.17) is 4.74 Å². The molecule has 1 aromatic rings. The number of ether oxygens (including phenoxy) is 1. The molecule has 3 nitrogen and oxygen atoms in total. The molecule has 0 atom stereocenters. The maximum absolute atomic E-state index is 5.58. The molecule has 1 heterocycles. The highest BCUT2D eigenvalue weighted by atomic mass is 79.9. The smallest absolute Gasteiger partial charge is 0.124 e. The first-order valence-electron chi connectivity index (χ1n) is 4.28. The molecule has 0 bridgehead atoms. The standard InChI is InChI=1S/C9H15BrN2O/c1-9(2,3)13-5-4-12-6-8(10)11-7-12/h6-7H,4-5H2,1-3H3. The third-order valence-corrected chi connectivity index (χ3v) is 1.90. The molecular formula is C9H15BrN2O. The number of aromatic nitrogens is 2. The van der Waals surface area contributed by atoms with Crippen molar-refractivity contribution < 1.29 is 4.74 Å². The van der Waals surface area contributed by atoms with E-state index in [1.165, 1.54) is 0 Å². The van der Waals surface area contributed by atoms with Crippen LogP contribution in [-0.2, 0) is 11.3 Å². The lowest BCUT2D eigenvalue weighted by molar-refractivity contribution is -0.00683. The van der Waals surface area contributed by atoms with E-state index < -0.39 is 0 Å². The van der Waals surface area contributed by atoms with Gasteiger partial charge in [0.15, 0.2) is 0 Å². The van der Waals surface area contributed by atoms with Gasteiger partial charge < -0.3 is 9.30 Å². The third-order valence-electron chi connectivity index (χ3n) is 1.49. The molecule has 0 aliphatic heterocycles. The lowest BCUT2D eigenvalue weighted by atomic mass is 10.2. The number of rotatable bonds is 3. The number of hydrogen-bond acceptors (Lipinski definition) is 2. The van der Waals surface area contributed by atoms with Gasteiger partial charge in [-0.2, -0.15) is 0 Å². The van der Waals surface area contributed by atoms with Gasteiger partial charge in [0, 0.05) is 12.7 Å². The molecule has 0 aliphatic rings. The summed E-state index contributed by atoms with van der Waals surface area (Å²) in [6.07, 6.45) is 3.72. The first-order valence-corrected chi connectivity index (χ1v) is 5.08. The summed E-state index contributed by atoms with van der Waals surface area (Å²) in [5, 5.41) is 0. The fourth-order valence-electron chi connectivity index (χ4n) is 0.912. The van der Waals surface area contributed by atoms with Gasteiger partial charge in [0.2, 0.25) is 0 Å². The molecule has 1 aromatic heterocycles. The van der Waals surface area contributed by atoms with Gasteiger partial charge in [0.25, 0.3) is 0 Å². The third kappa shape index (κ3) is 4.43. The summed E-state index contributed by atoms with van der Waals surface area (Å²) in [4.78, 5) is 4.06. The fraction of sp³-hybridized carbons (Fsp3) is 0.667. The minimum atomic E-state index is -0.0577. The van der Waals surface area contributed by atoms with Crippen LogP contribution in [0, 0.1) is 0 Å². The molecule has 4 heteroatoms. The zero-order valence-electron chi connectivity index (χ0n) is 8.25. The van der Waals surface area contributed by atoms with Gasteiger partial charge >= 0.3 is 0 Å². The van der Waals surface area contributed by atoms with E-state index in [9.17, 15) is 0 Å². The second kappa shape index (κ2) is 4.24. The SMILES string of the molecule is CC(C)(C)OCCn1cnc(Br)c1. The Labute approximate surface area is 87.2 Å². The van der Waals surface area contributed by atoms with Crippen molar-refractivity contribution in [2.75, 3.05) is 6.61 Å². The molecular weight excluding hydrogens is 232 g/mol. The number of nitrogens with zero attached hydrogens (tertiary/aromatic N) is 2. The Morgan fingerprint density at radius 2 is 2.23 bits per heavy atom. The van der Waals surface area contributed by atoms with Crippen LogP contribution in [0.4, 0.5) is 0 Å². The van der Waals surface area contributed by atoms with Gasteiger partial charge in [-0.3, -0.25) is 0 Å². The minimum Gasteiger partial charge on any atom is -0.374 e. The summed E-state index contributed by atoms with van der Waals surface area (Å²) >= 11 is 3.29. The largest absolute Gasteiger partial charge is 0.374 e. The molecule has 0 amide bonds. The highest BCUT2D eigenvalue weighted by Crippen LogP contribution is 2.08. The maximum atomic E-state index is 5.58. The van der Waals surface area contributed by atoms with E-state index in [0.29, 0.717) is 6.61 Å². The average molecular weight is 247 g/mol. The van der Waals surface area contributed by atoms with Gasteiger partial charge in [-0.15, -0.1) is 0 Å². The Kier molecular flexibility index (Phi) is 3.50. The van der Waals surface area contributed by atoms with Gasteiger partial charge in [-0.05, 0) is 36.7 Å². The molecule has 0 unspecified atom stereocenters. The molecule has 0 saturated carbocycles. The molecule has 0 radical (unpaired) electrons. The number of halogens is 1. The Hall–Kier alpha value is -0.350. The second-order valence-electron chi connectivity index (χ2n) is 3.90. The van der Waals surface area contributed by atoms with Crippen molar-refractivity contribution in [3.8, 4) is 0 Å². The predicted octanol–water partition coefficient (Wildman–Crippen LogP) is 2.46. The highest BCUT2D eigenvalue weighted by molar-refractivity contribution is 9.10. The number of imidazole rings is 1. The van der Waals surface area contributed by atoms with Crippen molar-refractivity contribution in [1.82, 2.24) is 9.55 Å². The van der Waals surface area contributed by atoms with Gasteiger partial charge in [0.1, 0.15) is 4.60 Å². The lowest BCUT2D eigenvalue weighted by Gasteiger charge is -2.19. The van der Waals surface area contributed by atoms with E-state index in [-0.39, 0.29) is 5.60 Å². The Bertz CT molecular complexity index is 265. The quantitative estimate of drug-likeness (QED) is 0.820. The Balaban J connectivity index is 2.28. The average Bonchev–Trinajstić information content (AvgIpc) is 2.33. The maximum Gasteiger partial charge on any atom is 0.124 e. The molecule has 0 spiro atoms. The van der Waals surface area contributed by atoms with Gasteiger partial charge in [0.05, 0.1) is 18.5 Å². The van der Waals surface area contributed by atoms with Crippen LogP contribution < -0.4 is 0 Å². The molecule has 13 heavy (non-hydrogen) atoms. The highest BCUT2D eigenvalue weighted by Gasteiger charge is 2.09. The summed E-state index contributed by atoms with van der Waals surface area (Å²) in [6, 6.07) is 0. The normalized spacial score (nSPS) is 12.0. The van der Waals surface area contributed by atoms with E-state index in [1.807, 2.05) is 10.8 Å². The van der Waals surface area contributed by atoms with Crippen LogP contribution in [-0.4, -0.2) is 21.8 Å². The summed E-state index contributed by atoms with van der Waals surface area (Å²) in [7, 11) is 0. The second-order valence-corrected chi connectivity index (χ2v) is 4.71. The van der Waals surface area contributed by atoms with E-state index in [0.717, 1.165) is 11.1 Å². The minimum absolute atomic E-state index is 0.0577. The topological polar surface area (TPSA) is 27.1 Å². The summed E-state index contributed by atoms with van der Waals surface area (Å²) in [5.74, 6) is 0. The first-order chi connectivity index (χ1) is 5.97. The first kappa shape index (κ1) is 10.7. The summed E-state index contributed by atoms with van der Waals surface area (Å²) < 4.78 is 8.44. The van der Waals surface area contributed by atoms with E-state index in [1.54, 1.807) is 6.33 Å². The molecule has 74 valence electrons. The van der Waals surface area contributed by atoms with Crippen LogP contribution in [0.3, 0.4) is 0 Å². The van der Waals surface area contributed by atoms with Gasteiger partial charge in [-0.25, -0.2) is 4.98 Å². The van der Waals surface area contributed by atoms with Crippen LogP contribution >= 0.6 is 15.9 Å². The van der Waals surface area contributed by atoms with Crippen molar-refractivity contribution >= 4 is 15.9 Å². The van der Waals surface area contributed by atoms with Crippen molar-refractivity contribution in [2.45, 2.75) is 32.9 Å². The Morgan fingerprint density at radius 3 is 2.69 bits per heavy atom. The van der Waals surface area contributed by atoms with E-state index >= 15 is 0 Å². The lowest BCUT2D eigenvalue weighted by Crippen LogP contribution is -2.21. The zero-order valence-corrected chi connectivity index (χ0v) is 9.84. The molecule has 1 rings (SSSR count). The monoisotopic (exact) mass is 246 g/mol. The molecule has 0 N–H and O–H groups in total. The summed E-state index contributed by atoms with van der Waals surface area (Å²) in [5.41, 5.74) is -0.0577. The molecule has 0 aliphatic carbocycles. The Morgan fingerprint density at radius 1 is 1.54 bits per heavy atom. The van der Waals surface area contributed by atoms with Gasteiger partial charge in [-0.1, -0.05) is 0 Å². The molecule has 0 fully saturated rings. The fourth-order valence-corrected chi connectivity index (χ4v) is 1.27. The van der Waals surface area contributed by atoms with E-state index in [2.05, 4.69) is 41.7 Å². The summed E-state index contributed by atoms with van der Waals surface area (Å²) in [6.45, 7) is 7.71. The molecule has 0 aromatic carbocycles. The van der Waals surface area contributed by atoms with Crippen LogP contribution in [0.15, 0.2) is 17.1 Å². The van der Waals surface area contributed by atoms with Crippen LogP contribution in [0.2, 0.25) is 0 Å². The van der Waals surface area contributed by atoms with Crippen LogP contribution in [0.1, 0.15) is 20.8 Å². The van der Waals surface area contributed by atoms with Crippen molar-refractivity contribution in [3.63, 3.8) is 0 Å².